The molecule has 4 rings (SSSR count). The van der Waals surface area contributed by atoms with Gasteiger partial charge in [-0.2, -0.15) is 0 Å². The first kappa shape index (κ1) is 26.2. The van der Waals surface area contributed by atoms with Gasteiger partial charge in [-0.25, -0.2) is 4.79 Å². The van der Waals surface area contributed by atoms with Crippen molar-refractivity contribution < 1.29 is 19.1 Å². The second-order valence-electron chi connectivity index (χ2n) is 10.7. The fourth-order valence-corrected chi connectivity index (χ4v) is 5.55. The minimum Gasteiger partial charge on any atom is -0.428 e. The van der Waals surface area contributed by atoms with Crippen LogP contribution in [0.1, 0.15) is 61.0 Å². The molecule has 7 nitrogen and oxygen atoms in total. The van der Waals surface area contributed by atoms with Crippen LogP contribution in [0.25, 0.3) is 0 Å². The molecule has 2 heterocycles. The molecule has 2 aliphatic rings. The van der Waals surface area contributed by atoms with Crippen LogP contribution >= 0.6 is 0 Å². The molecule has 2 fully saturated rings. The van der Waals surface area contributed by atoms with Crippen molar-refractivity contribution in [3.63, 3.8) is 0 Å². The number of rotatable bonds is 7. The average molecular weight is 494 g/mol. The molecule has 2 aromatic rings. The number of ether oxygens (including phenoxy) is 2. The summed E-state index contributed by atoms with van der Waals surface area (Å²) in [6.07, 6.45) is 2.35. The van der Waals surface area contributed by atoms with E-state index in [9.17, 15) is 9.59 Å². The zero-order valence-electron chi connectivity index (χ0n) is 22.2. The Bertz CT molecular complexity index is 1060. The molecule has 2 saturated heterocycles. The molecule has 3 atom stereocenters. The first-order chi connectivity index (χ1) is 17.1. The Kier molecular flexibility index (Phi) is 7.71. The SMILES string of the molecule is Cc1cc(C)cc([C@@H](C)OC[C@@]2(c3ccccc3)CC[C@]3(CCC(=O)N3COC(=O)N(C)C)CN2)c1. The first-order valence-corrected chi connectivity index (χ1v) is 12.8. The molecule has 0 radical (unpaired) electrons. The van der Waals surface area contributed by atoms with Gasteiger partial charge in [-0.05, 0) is 51.2 Å². The van der Waals surface area contributed by atoms with Gasteiger partial charge < -0.3 is 24.6 Å². The van der Waals surface area contributed by atoms with Crippen LogP contribution < -0.4 is 5.32 Å². The maximum atomic E-state index is 12.8. The topological polar surface area (TPSA) is 71.1 Å². The monoisotopic (exact) mass is 493 g/mol. The second kappa shape index (κ2) is 10.6. The highest BCUT2D eigenvalue weighted by Crippen LogP contribution is 2.43. The molecule has 194 valence electrons. The smallest absolute Gasteiger partial charge is 0.410 e. The van der Waals surface area contributed by atoms with Crippen molar-refractivity contribution in [3.05, 3.63) is 70.8 Å². The number of piperidine rings is 1. The Hall–Kier alpha value is -2.90. The van der Waals surface area contributed by atoms with Crippen LogP contribution in [0.5, 0.6) is 0 Å². The van der Waals surface area contributed by atoms with Crippen LogP contribution in [0, 0.1) is 13.8 Å². The van der Waals surface area contributed by atoms with Crippen LogP contribution in [0.3, 0.4) is 0 Å². The molecule has 0 aliphatic carbocycles. The Labute approximate surface area is 214 Å². The molecular formula is C29H39N3O4. The quantitative estimate of drug-likeness (QED) is 0.607. The number of carbonyl (C=O) groups is 2. The zero-order chi connectivity index (χ0) is 25.9. The Balaban J connectivity index is 1.51. The van der Waals surface area contributed by atoms with E-state index in [-0.39, 0.29) is 29.8 Å². The zero-order valence-corrected chi connectivity index (χ0v) is 22.2. The second-order valence-corrected chi connectivity index (χ2v) is 10.7. The number of nitrogens with zero attached hydrogens (tertiary/aromatic N) is 2. The van der Waals surface area contributed by atoms with Gasteiger partial charge in [0.25, 0.3) is 0 Å². The summed E-state index contributed by atoms with van der Waals surface area (Å²) >= 11 is 0. The van der Waals surface area contributed by atoms with Gasteiger partial charge >= 0.3 is 6.09 Å². The number of carbonyl (C=O) groups excluding carboxylic acids is 2. The number of aryl methyl sites for hydroxylation is 2. The van der Waals surface area contributed by atoms with Crippen molar-refractivity contribution >= 4 is 12.0 Å². The van der Waals surface area contributed by atoms with Crippen molar-refractivity contribution in [2.75, 3.05) is 34.0 Å². The maximum Gasteiger partial charge on any atom is 0.410 e. The Morgan fingerprint density at radius 2 is 1.78 bits per heavy atom. The maximum absolute atomic E-state index is 12.8. The van der Waals surface area contributed by atoms with E-state index >= 15 is 0 Å². The molecule has 1 spiro atoms. The lowest BCUT2D eigenvalue weighted by Crippen LogP contribution is -2.63. The fourth-order valence-electron chi connectivity index (χ4n) is 5.55. The molecule has 0 saturated carbocycles. The number of amides is 2. The highest BCUT2D eigenvalue weighted by atomic mass is 16.6. The molecule has 1 N–H and O–H groups in total. The summed E-state index contributed by atoms with van der Waals surface area (Å²) in [6, 6.07) is 17.0. The molecule has 7 heteroatoms. The molecule has 2 amide bonds. The largest absolute Gasteiger partial charge is 0.428 e. The van der Waals surface area contributed by atoms with Crippen molar-refractivity contribution in [2.24, 2.45) is 0 Å². The number of hydrogen-bond donors (Lipinski definition) is 1. The minimum atomic E-state index is -0.443. The summed E-state index contributed by atoms with van der Waals surface area (Å²) in [5.41, 5.74) is 4.10. The van der Waals surface area contributed by atoms with E-state index in [1.165, 1.54) is 27.2 Å². The molecule has 0 aromatic heterocycles. The summed E-state index contributed by atoms with van der Waals surface area (Å²) in [5.74, 6) is 0.0373. The highest BCUT2D eigenvalue weighted by Gasteiger charge is 2.51. The third kappa shape index (κ3) is 5.42. The van der Waals surface area contributed by atoms with E-state index in [0.29, 0.717) is 19.6 Å². The molecule has 0 bridgehead atoms. The van der Waals surface area contributed by atoms with Gasteiger partial charge in [0, 0.05) is 27.1 Å². The summed E-state index contributed by atoms with van der Waals surface area (Å²) in [7, 11) is 3.28. The lowest BCUT2D eigenvalue weighted by Gasteiger charge is -2.49. The van der Waals surface area contributed by atoms with Crippen molar-refractivity contribution in [1.29, 1.82) is 0 Å². The van der Waals surface area contributed by atoms with Crippen LogP contribution in [0.15, 0.2) is 48.5 Å². The van der Waals surface area contributed by atoms with E-state index < -0.39 is 6.09 Å². The molecule has 2 aromatic carbocycles. The van der Waals surface area contributed by atoms with Gasteiger partial charge in [0.1, 0.15) is 0 Å². The fraction of sp³-hybridized carbons (Fsp3) is 0.517. The molecule has 0 unspecified atom stereocenters. The Morgan fingerprint density at radius 3 is 2.39 bits per heavy atom. The summed E-state index contributed by atoms with van der Waals surface area (Å²) < 4.78 is 11.9. The van der Waals surface area contributed by atoms with Crippen molar-refractivity contribution in [3.8, 4) is 0 Å². The van der Waals surface area contributed by atoms with E-state index in [1.54, 1.807) is 19.0 Å². The third-order valence-corrected chi connectivity index (χ3v) is 7.75. The number of hydrogen-bond acceptors (Lipinski definition) is 5. The van der Waals surface area contributed by atoms with Gasteiger partial charge in [-0.1, -0.05) is 59.7 Å². The predicted molar refractivity (Wildman–Crippen MR) is 139 cm³/mol. The number of likely N-dealkylation sites (tertiary alicyclic amines) is 1. The van der Waals surface area contributed by atoms with Crippen molar-refractivity contribution in [2.45, 2.75) is 63.6 Å². The van der Waals surface area contributed by atoms with Crippen LogP contribution in [-0.4, -0.2) is 61.3 Å². The van der Waals surface area contributed by atoms with Gasteiger partial charge in [-0.3, -0.25) is 4.79 Å². The lowest BCUT2D eigenvalue weighted by molar-refractivity contribution is -0.138. The van der Waals surface area contributed by atoms with Gasteiger partial charge in [0.05, 0.1) is 23.8 Å². The van der Waals surface area contributed by atoms with E-state index in [4.69, 9.17) is 9.47 Å². The normalized spacial score (nSPS) is 24.7. The predicted octanol–water partition coefficient (Wildman–Crippen LogP) is 4.68. The van der Waals surface area contributed by atoms with Gasteiger partial charge in [0.15, 0.2) is 6.73 Å². The van der Waals surface area contributed by atoms with E-state index in [0.717, 1.165) is 19.3 Å². The molecular weight excluding hydrogens is 454 g/mol. The molecule has 2 aliphatic heterocycles. The van der Waals surface area contributed by atoms with Gasteiger partial charge in [-0.15, -0.1) is 0 Å². The number of benzene rings is 2. The minimum absolute atomic E-state index is 0.0178. The van der Waals surface area contributed by atoms with Crippen LogP contribution in [-0.2, 0) is 19.8 Å². The highest BCUT2D eigenvalue weighted by molar-refractivity contribution is 5.80. The first-order valence-electron chi connectivity index (χ1n) is 12.8. The third-order valence-electron chi connectivity index (χ3n) is 7.75. The molecule has 36 heavy (non-hydrogen) atoms. The lowest BCUT2D eigenvalue weighted by atomic mass is 9.75. The Morgan fingerprint density at radius 1 is 1.08 bits per heavy atom. The van der Waals surface area contributed by atoms with Crippen LogP contribution in [0.4, 0.5) is 4.79 Å². The summed E-state index contributed by atoms with van der Waals surface area (Å²) in [4.78, 5) is 27.9. The van der Waals surface area contributed by atoms with E-state index in [2.05, 4.69) is 68.6 Å². The van der Waals surface area contributed by atoms with Crippen molar-refractivity contribution in [1.82, 2.24) is 15.1 Å². The van der Waals surface area contributed by atoms with Gasteiger partial charge in [0.2, 0.25) is 5.91 Å². The average Bonchev–Trinajstić information content (AvgIpc) is 3.16. The standard InChI is InChI=1S/C29H39N3O4/c1-21-15-22(2)17-24(16-21)23(3)35-19-29(25-9-7-6-8-10-25)14-13-28(18-30-29)12-11-26(33)32(28)20-36-27(34)31(4)5/h6-10,15-17,23,30H,11-14,18-20H2,1-5H3/t23-,28-,29-/m1/s1. The van der Waals surface area contributed by atoms with Crippen LogP contribution in [0.2, 0.25) is 0 Å². The number of nitrogens with one attached hydrogen (secondary N) is 1. The van der Waals surface area contributed by atoms with E-state index in [1.807, 2.05) is 6.07 Å². The summed E-state index contributed by atoms with van der Waals surface area (Å²) in [6.45, 7) is 7.45. The summed E-state index contributed by atoms with van der Waals surface area (Å²) in [5, 5.41) is 3.80.